The molecule has 0 N–H and O–H groups in total. The van der Waals surface area contributed by atoms with Crippen LogP contribution in [-0.2, 0) is 21.7 Å². The van der Waals surface area contributed by atoms with E-state index in [-0.39, 0.29) is 16.2 Å². The number of fused-ring (bicyclic) bond motifs is 15. The zero-order chi connectivity index (χ0) is 82.9. The number of furan rings is 1. The van der Waals surface area contributed by atoms with Gasteiger partial charge in [-0.05, 0) is 220 Å². The number of para-hydroxylation sites is 5. The monoisotopic (exact) mass is 1580 g/mol. The Kier molecular flexibility index (Phi) is 17.7. The van der Waals surface area contributed by atoms with Crippen LogP contribution in [0.2, 0.25) is 0 Å². The van der Waals surface area contributed by atoms with Gasteiger partial charge < -0.3 is 19.0 Å². The van der Waals surface area contributed by atoms with E-state index in [4.69, 9.17) is 9.15 Å². The lowest BCUT2D eigenvalue weighted by Gasteiger charge is -2.31. The molecule has 4 heteroatoms. The fourth-order valence-corrected chi connectivity index (χ4v) is 21.1. The van der Waals surface area contributed by atoms with Gasteiger partial charge in [-0.25, -0.2) is 0 Å². The highest BCUT2D eigenvalue weighted by molar-refractivity contribution is 6.12. The molecule has 19 aromatic rings. The third-order valence-corrected chi connectivity index (χ3v) is 27.1. The minimum Gasteiger partial charge on any atom is -0.457 e. The molecule has 23 rings (SSSR count). The third kappa shape index (κ3) is 12.0. The number of ether oxygens (including phenoxy) is 1. The molecule has 0 radical (unpaired) electrons. The Bertz CT molecular complexity index is 7360. The Labute approximate surface area is 720 Å². The molecule has 588 valence electrons. The predicted octanol–water partition coefficient (Wildman–Crippen LogP) is 32.6. The summed E-state index contributed by atoms with van der Waals surface area (Å²) >= 11 is 0. The van der Waals surface area contributed by atoms with E-state index in [1.807, 2.05) is 36.4 Å². The molecule has 0 bridgehead atoms. The normalized spacial score (nSPS) is 14.7. The summed E-state index contributed by atoms with van der Waals surface area (Å²) in [7, 11) is 0. The highest BCUT2D eigenvalue weighted by Crippen LogP contribution is 2.62. The Hall–Kier alpha value is -14.8. The van der Waals surface area contributed by atoms with Crippen molar-refractivity contribution in [3.05, 3.63) is 469 Å². The van der Waals surface area contributed by atoms with Crippen molar-refractivity contribution in [2.45, 2.75) is 70.1 Å². The second-order valence-corrected chi connectivity index (χ2v) is 35.0. The largest absolute Gasteiger partial charge is 0.457 e. The third-order valence-electron chi connectivity index (χ3n) is 27.1. The van der Waals surface area contributed by atoms with Gasteiger partial charge in [0, 0.05) is 77.4 Å². The van der Waals surface area contributed by atoms with Gasteiger partial charge in [-0.15, -0.1) is 0 Å². The van der Waals surface area contributed by atoms with Gasteiger partial charge in [0.1, 0.15) is 22.7 Å². The lowest BCUT2D eigenvalue weighted by molar-refractivity contribution is 0.484. The minimum atomic E-state index is -0.424. The van der Waals surface area contributed by atoms with E-state index in [2.05, 4.69) is 440 Å². The summed E-state index contributed by atoms with van der Waals surface area (Å²) < 4.78 is 13.4. The van der Waals surface area contributed by atoms with Gasteiger partial charge in [-0.3, -0.25) is 0 Å². The highest BCUT2D eigenvalue weighted by atomic mass is 16.5. The van der Waals surface area contributed by atoms with Crippen LogP contribution in [0.1, 0.15) is 98.5 Å². The maximum absolute atomic E-state index is 6.75. The molecule has 0 saturated heterocycles. The lowest BCUT2D eigenvalue weighted by atomic mass is 9.72. The van der Waals surface area contributed by atoms with Crippen LogP contribution < -0.4 is 14.5 Å². The van der Waals surface area contributed by atoms with E-state index in [9.17, 15) is 0 Å². The molecule has 0 saturated carbocycles. The summed E-state index contributed by atoms with van der Waals surface area (Å²) in [6.45, 7) is 16.6. The van der Waals surface area contributed by atoms with Gasteiger partial charge in [-0.2, -0.15) is 0 Å². The van der Waals surface area contributed by atoms with Crippen molar-refractivity contribution >= 4 is 56.1 Å². The fourth-order valence-electron chi connectivity index (χ4n) is 21.1. The highest BCUT2D eigenvalue weighted by Gasteiger charge is 2.46. The first-order valence-electron chi connectivity index (χ1n) is 43.0. The van der Waals surface area contributed by atoms with Crippen LogP contribution in [0.3, 0.4) is 0 Å². The first-order valence-corrected chi connectivity index (χ1v) is 43.0. The van der Waals surface area contributed by atoms with Gasteiger partial charge in [0.15, 0.2) is 0 Å². The first-order chi connectivity index (χ1) is 60.2. The van der Waals surface area contributed by atoms with Crippen LogP contribution in [-0.4, -0.2) is 0 Å². The molecule has 4 aliphatic rings. The predicted molar refractivity (Wildman–Crippen MR) is 513 cm³/mol. The van der Waals surface area contributed by atoms with Crippen molar-refractivity contribution < 1.29 is 9.15 Å². The molecule has 1 atom stereocenters. The number of anilines is 6. The molecule has 123 heavy (non-hydrogen) atoms. The maximum Gasteiger partial charge on any atom is 0.143 e. The second-order valence-electron chi connectivity index (χ2n) is 35.0. The van der Waals surface area contributed by atoms with Crippen molar-refractivity contribution in [2.24, 2.45) is 0 Å². The Morgan fingerprint density at radius 3 is 1.15 bits per heavy atom. The van der Waals surface area contributed by atoms with Crippen molar-refractivity contribution in [1.82, 2.24) is 0 Å². The summed E-state index contributed by atoms with van der Waals surface area (Å²) in [5.74, 6) is 1.68. The van der Waals surface area contributed by atoms with Crippen LogP contribution in [0.15, 0.2) is 423 Å². The maximum atomic E-state index is 6.75. The summed E-state index contributed by atoms with van der Waals surface area (Å²) in [5, 5.41) is 2.29. The van der Waals surface area contributed by atoms with Crippen molar-refractivity contribution in [3.63, 3.8) is 0 Å². The quantitative estimate of drug-likeness (QED) is 0.108. The standard InChI is InChI=1S/C60H45NO.C59H45NO/c1-59(2)51-25-12-8-20-44(51)45-34-33-41(37-53(45)59)61(54-27-14-10-19-42(54)38-17-6-5-7-18-38)40-31-29-39(30-32-40)43-35-36-47(56-50-22-9-13-26-52(50)60(3,4)57(43)56)49-24-16-23-48-46-21-11-15-28-55(46)62-58(48)49;1-58(2)51-28-16-13-26-48(51)49-36-35-44(39-53(49)58)60(54-30-18-15-25-46(54)40-19-7-4-8-20-40)43-33-31-41(32-34-43)47-37-38-55(61-45-23-11-6-12-24-45)56-50-27-14-17-29-52(50)59(3,57(47)56)42-21-9-5-10-22-42/h5-37H,1-4H3;4-39H,1-3H3. The zero-order valence-electron chi connectivity index (χ0n) is 70.0. The summed E-state index contributed by atoms with van der Waals surface area (Å²) in [6, 6.07) is 152. The topological polar surface area (TPSA) is 28.9 Å². The molecule has 1 aromatic heterocycles. The molecule has 0 amide bonds. The molecule has 4 aliphatic carbocycles. The van der Waals surface area contributed by atoms with E-state index in [1.54, 1.807) is 0 Å². The lowest BCUT2D eigenvalue weighted by Crippen LogP contribution is -2.23. The first kappa shape index (κ1) is 74.5. The van der Waals surface area contributed by atoms with Crippen molar-refractivity contribution in [1.29, 1.82) is 0 Å². The zero-order valence-corrected chi connectivity index (χ0v) is 70.0. The van der Waals surface area contributed by atoms with Gasteiger partial charge in [-0.1, -0.05) is 375 Å². The molecule has 1 unspecified atom stereocenters. The Morgan fingerprint density at radius 1 is 0.236 bits per heavy atom. The van der Waals surface area contributed by atoms with E-state index >= 15 is 0 Å². The van der Waals surface area contributed by atoms with E-state index in [0.29, 0.717) is 0 Å². The molecule has 18 aromatic carbocycles. The summed E-state index contributed by atoms with van der Waals surface area (Å²) in [5.41, 5.74) is 41.7. The van der Waals surface area contributed by atoms with Crippen LogP contribution >= 0.6 is 0 Å². The van der Waals surface area contributed by atoms with E-state index in [1.165, 1.54) is 134 Å². The van der Waals surface area contributed by atoms with Crippen LogP contribution in [0.5, 0.6) is 11.5 Å². The second kappa shape index (κ2) is 29.3. The molecule has 1 heterocycles. The molecule has 0 spiro atoms. The fraction of sp³-hybridized carbons (Fsp3) is 0.0924. The molecular formula is C119H90N2O2. The van der Waals surface area contributed by atoms with Gasteiger partial charge >= 0.3 is 0 Å². The number of hydrogen-bond acceptors (Lipinski definition) is 4. The molecule has 0 aliphatic heterocycles. The Balaban J connectivity index is 0.000000147. The van der Waals surface area contributed by atoms with Gasteiger partial charge in [0.25, 0.3) is 0 Å². The van der Waals surface area contributed by atoms with Crippen LogP contribution in [0.25, 0.3) is 122 Å². The van der Waals surface area contributed by atoms with Crippen molar-refractivity contribution in [2.75, 3.05) is 9.80 Å². The van der Waals surface area contributed by atoms with E-state index < -0.39 is 5.41 Å². The summed E-state index contributed by atoms with van der Waals surface area (Å²) in [6.07, 6.45) is 0. The Morgan fingerprint density at radius 2 is 0.610 bits per heavy atom. The number of benzene rings is 18. The number of rotatable bonds is 14. The minimum absolute atomic E-state index is 0.122. The van der Waals surface area contributed by atoms with Crippen LogP contribution in [0, 0.1) is 0 Å². The molecule has 0 fully saturated rings. The molecular weight excluding hydrogens is 1490 g/mol. The summed E-state index contributed by atoms with van der Waals surface area (Å²) in [4.78, 5) is 4.89. The molecule has 4 nitrogen and oxygen atoms in total. The average molecular weight is 1580 g/mol. The van der Waals surface area contributed by atoms with E-state index in [0.717, 1.165) is 84.3 Å². The SMILES string of the molecule is CC1(C)c2ccccc2-c2ccc(N(c3ccc(-c4ccc(-c5cccc6c5oc5ccccc56)c5c4C(C)(C)c4ccccc4-5)cc3)c3ccccc3-c3ccccc3)cc21.CC1(C)c2ccccc2-c2ccc(N(c3ccc(-c4ccc(Oc5ccccc5)c5c4C(C)(c4ccccc4)c4ccccc4-5)cc3)c3ccccc3-c3ccccc3)cc21. The van der Waals surface area contributed by atoms with Gasteiger partial charge in [0.05, 0.1) is 11.4 Å². The van der Waals surface area contributed by atoms with Gasteiger partial charge in [0.2, 0.25) is 0 Å². The van der Waals surface area contributed by atoms with Crippen molar-refractivity contribution in [3.8, 4) is 112 Å². The number of nitrogens with zero attached hydrogens (tertiary/aromatic N) is 2. The average Bonchev–Trinajstić information content (AvgIpc) is 1.55. The number of hydrogen-bond donors (Lipinski definition) is 0. The smallest absolute Gasteiger partial charge is 0.143 e. The van der Waals surface area contributed by atoms with Crippen LogP contribution in [0.4, 0.5) is 34.1 Å².